The van der Waals surface area contributed by atoms with Gasteiger partial charge in [0, 0.05) is 14.2 Å². The molecule has 0 fully saturated rings. The van der Waals surface area contributed by atoms with Gasteiger partial charge in [0.15, 0.2) is 0 Å². The Morgan fingerprint density at radius 2 is 1.55 bits per heavy atom. The molecule has 0 amide bonds. The zero-order valence-corrected chi connectivity index (χ0v) is 8.33. The Kier molecular flexibility index (Phi) is 20.7. The van der Waals surface area contributed by atoms with Gasteiger partial charge in [0.2, 0.25) is 0 Å². The molecule has 0 aliphatic carbocycles. The number of hydrazine groups is 1. The van der Waals surface area contributed by atoms with Crippen LogP contribution in [0.15, 0.2) is 0 Å². The molecule has 0 saturated heterocycles. The maximum absolute atomic E-state index is 5.13. The fourth-order valence-electron chi connectivity index (χ4n) is 0.547. The molecular formula is C5H16Cl2N2O2. The average molecular weight is 207 g/mol. The SMILES string of the molecule is COCC(COC)NN.Cl.Cl. The first-order valence-corrected chi connectivity index (χ1v) is 2.79. The van der Waals surface area contributed by atoms with E-state index in [-0.39, 0.29) is 30.9 Å². The van der Waals surface area contributed by atoms with Crippen LogP contribution in [-0.4, -0.2) is 33.5 Å². The number of methoxy groups -OCH3 is 2. The normalized spacial score (nSPS) is 8.73. The fraction of sp³-hybridized carbons (Fsp3) is 1.00. The van der Waals surface area contributed by atoms with Crippen LogP contribution in [0.2, 0.25) is 0 Å². The summed E-state index contributed by atoms with van der Waals surface area (Å²) in [5.74, 6) is 5.13. The molecule has 0 aromatic carbocycles. The van der Waals surface area contributed by atoms with Gasteiger partial charge < -0.3 is 9.47 Å². The Morgan fingerprint density at radius 3 is 1.73 bits per heavy atom. The van der Waals surface area contributed by atoms with Crippen molar-refractivity contribution in [1.82, 2.24) is 5.43 Å². The molecule has 3 N–H and O–H groups in total. The molecule has 0 heterocycles. The molecule has 0 saturated carbocycles. The highest BCUT2D eigenvalue weighted by molar-refractivity contribution is 5.85. The molecule has 0 unspecified atom stereocenters. The highest BCUT2D eigenvalue weighted by atomic mass is 35.5. The Morgan fingerprint density at radius 1 is 1.18 bits per heavy atom. The van der Waals surface area contributed by atoms with Crippen molar-refractivity contribution >= 4 is 24.8 Å². The summed E-state index contributed by atoms with van der Waals surface area (Å²) in [7, 11) is 3.25. The average Bonchev–Trinajstić information content (AvgIpc) is 1.88. The topological polar surface area (TPSA) is 56.5 Å². The minimum atomic E-state index is 0. The van der Waals surface area contributed by atoms with Gasteiger partial charge in [0.1, 0.15) is 0 Å². The molecule has 0 aromatic rings. The molecule has 4 nitrogen and oxygen atoms in total. The summed E-state index contributed by atoms with van der Waals surface area (Å²) < 4.78 is 9.65. The highest BCUT2D eigenvalue weighted by Gasteiger charge is 2.02. The van der Waals surface area contributed by atoms with Crippen molar-refractivity contribution in [1.29, 1.82) is 0 Å². The van der Waals surface area contributed by atoms with Crippen molar-refractivity contribution < 1.29 is 9.47 Å². The Hall–Kier alpha value is 0.420. The van der Waals surface area contributed by atoms with Crippen LogP contribution in [0.4, 0.5) is 0 Å². The molecule has 0 radical (unpaired) electrons. The van der Waals surface area contributed by atoms with Gasteiger partial charge >= 0.3 is 0 Å². The van der Waals surface area contributed by atoms with Crippen molar-refractivity contribution in [2.75, 3.05) is 27.4 Å². The van der Waals surface area contributed by atoms with Crippen LogP contribution in [0.5, 0.6) is 0 Å². The minimum absolute atomic E-state index is 0. The molecule has 0 aliphatic rings. The zero-order chi connectivity index (χ0) is 7.11. The van der Waals surface area contributed by atoms with Crippen LogP contribution in [0.25, 0.3) is 0 Å². The lowest BCUT2D eigenvalue weighted by atomic mass is 10.4. The van der Waals surface area contributed by atoms with Gasteiger partial charge in [-0.05, 0) is 0 Å². The van der Waals surface area contributed by atoms with Crippen molar-refractivity contribution in [3.05, 3.63) is 0 Å². The van der Waals surface area contributed by atoms with E-state index in [4.69, 9.17) is 15.3 Å². The number of nitrogens with two attached hydrogens (primary N) is 1. The van der Waals surface area contributed by atoms with E-state index in [1.807, 2.05) is 0 Å². The number of nitrogens with one attached hydrogen (secondary N) is 1. The van der Waals surface area contributed by atoms with Gasteiger partial charge in [-0.25, -0.2) is 0 Å². The summed E-state index contributed by atoms with van der Waals surface area (Å²) in [6.45, 7) is 1.15. The van der Waals surface area contributed by atoms with E-state index in [0.717, 1.165) is 0 Å². The second-order valence-corrected chi connectivity index (χ2v) is 1.77. The van der Waals surface area contributed by atoms with Gasteiger partial charge in [0.25, 0.3) is 0 Å². The summed E-state index contributed by atoms with van der Waals surface area (Å²) in [6.07, 6.45) is 0. The third-order valence-corrected chi connectivity index (χ3v) is 0.971. The van der Waals surface area contributed by atoms with Crippen LogP contribution >= 0.6 is 24.8 Å². The monoisotopic (exact) mass is 206 g/mol. The van der Waals surface area contributed by atoms with Crippen LogP contribution in [-0.2, 0) is 9.47 Å². The Bertz CT molecular complexity index is 62.4. The quantitative estimate of drug-likeness (QED) is 0.490. The lowest BCUT2D eigenvalue weighted by Gasteiger charge is -2.12. The summed E-state index contributed by atoms with van der Waals surface area (Å²) >= 11 is 0. The van der Waals surface area contributed by atoms with Crippen LogP contribution in [0.1, 0.15) is 0 Å². The number of halogens is 2. The summed E-state index contributed by atoms with van der Waals surface area (Å²) in [5, 5.41) is 0. The van der Waals surface area contributed by atoms with Crippen molar-refractivity contribution in [2.24, 2.45) is 5.84 Å². The minimum Gasteiger partial charge on any atom is -0.383 e. The smallest absolute Gasteiger partial charge is 0.0677 e. The lowest BCUT2D eigenvalue weighted by molar-refractivity contribution is 0.104. The second-order valence-electron chi connectivity index (χ2n) is 1.77. The molecular weight excluding hydrogens is 191 g/mol. The van der Waals surface area contributed by atoms with Gasteiger partial charge in [0.05, 0.1) is 19.3 Å². The van der Waals surface area contributed by atoms with E-state index in [2.05, 4.69) is 5.43 Å². The van der Waals surface area contributed by atoms with Gasteiger partial charge in [-0.2, -0.15) is 0 Å². The van der Waals surface area contributed by atoms with Crippen molar-refractivity contribution in [3.8, 4) is 0 Å². The molecule has 0 atom stereocenters. The molecule has 0 aliphatic heterocycles. The van der Waals surface area contributed by atoms with Crippen LogP contribution < -0.4 is 11.3 Å². The molecule has 0 rings (SSSR count). The third kappa shape index (κ3) is 10.4. The predicted octanol–water partition coefficient (Wildman–Crippen LogP) is -0.0453. The highest BCUT2D eigenvalue weighted by Crippen LogP contribution is 1.81. The van der Waals surface area contributed by atoms with Gasteiger partial charge in [-0.3, -0.25) is 11.3 Å². The standard InChI is InChI=1S/C5H14N2O2.2ClH/c1-8-3-5(7-6)4-9-2;;/h5,7H,3-4,6H2,1-2H3;2*1H. The Balaban J connectivity index is -0.000000320. The zero-order valence-electron chi connectivity index (χ0n) is 6.70. The van der Waals surface area contributed by atoms with E-state index in [9.17, 15) is 0 Å². The molecule has 72 valence electrons. The largest absolute Gasteiger partial charge is 0.383 e. The first kappa shape index (κ1) is 17.5. The first-order chi connectivity index (χ1) is 4.35. The number of rotatable bonds is 5. The molecule has 6 heteroatoms. The van der Waals surface area contributed by atoms with E-state index in [1.165, 1.54) is 0 Å². The van der Waals surface area contributed by atoms with E-state index < -0.39 is 0 Å². The number of hydrogen-bond acceptors (Lipinski definition) is 4. The fourth-order valence-corrected chi connectivity index (χ4v) is 0.547. The molecule has 0 spiro atoms. The predicted molar refractivity (Wildman–Crippen MR) is 49.4 cm³/mol. The van der Waals surface area contributed by atoms with Crippen molar-refractivity contribution in [2.45, 2.75) is 6.04 Å². The van der Waals surface area contributed by atoms with E-state index in [1.54, 1.807) is 14.2 Å². The molecule has 0 bridgehead atoms. The molecule has 11 heavy (non-hydrogen) atoms. The summed E-state index contributed by atoms with van der Waals surface area (Å²) in [4.78, 5) is 0. The summed E-state index contributed by atoms with van der Waals surface area (Å²) in [5.41, 5.74) is 2.55. The molecule has 0 aromatic heterocycles. The van der Waals surface area contributed by atoms with Gasteiger partial charge in [-0.1, -0.05) is 0 Å². The maximum Gasteiger partial charge on any atom is 0.0677 e. The third-order valence-electron chi connectivity index (χ3n) is 0.971. The van der Waals surface area contributed by atoms with Crippen LogP contribution in [0.3, 0.4) is 0 Å². The maximum atomic E-state index is 5.13. The Labute approximate surface area is 79.6 Å². The number of hydrogen-bond donors (Lipinski definition) is 2. The van der Waals surface area contributed by atoms with Crippen molar-refractivity contribution in [3.63, 3.8) is 0 Å². The van der Waals surface area contributed by atoms with Gasteiger partial charge in [-0.15, -0.1) is 24.8 Å². The van der Waals surface area contributed by atoms with E-state index in [0.29, 0.717) is 13.2 Å². The van der Waals surface area contributed by atoms with E-state index >= 15 is 0 Å². The number of ether oxygens (including phenoxy) is 2. The lowest BCUT2D eigenvalue weighted by Crippen LogP contribution is -2.41. The summed E-state index contributed by atoms with van der Waals surface area (Å²) in [6, 6.07) is 0.0972. The second kappa shape index (κ2) is 13.0. The van der Waals surface area contributed by atoms with Crippen LogP contribution in [0, 0.1) is 0 Å². The first-order valence-electron chi connectivity index (χ1n) is 2.79.